The van der Waals surface area contributed by atoms with Gasteiger partial charge in [0.1, 0.15) is 30.8 Å². The van der Waals surface area contributed by atoms with Gasteiger partial charge in [-0.25, -0.2) is 21.4 Å². The van der Waals surface area contributed by atoms with E-state index in [1.54, 1.807) is 78.9 Å². The van der Waals surface area contributed by atoms with Crippen molar-refractivity contribution in [2.45, 2.75) is 57.9 Å². The number of anilines is 3. The lowest BCUT2D eigenvalue weighted by atomic mass is 9.97. The standard InChI is InChI=1S/C22H28N2O3S.C20H19N2O3S/c1-22(2)16-24(17-11-13-23(3)14-12-17)20-10-9-19(15-21(20)27-22)28(25,26)18-7-5-4-6-8-18;1-21-11-9-16(10-12-21)22-13-14-25-20-15-18(7-8-19(20)22)26(23,24)17-5-3-2-4-6-17/h4-10,15,17H,11-14,16H2,1-3H3;2-12,15H,13-14H2,1H3/q;+1. The molecule has 54 heavy (non-hydrogen) atoms. The van der Waals surface area contributed by atoms with Crippen molar-refractivity contribution in [3.05, 3.63) is 122 Å². The van der Waals surface area contributed by atoms with Crippen molar-refractivity contribution in [3.63, 3.8) is 0 Å². The van der Waals surface area contributed by atoms with Crippen LogP contribution in [0.15, 0.2) is 141 Å². The van der Waals surface area contributed by atoms with E-state index >= 15 is 0 Å². The van der Waals surface area contributed by atoms with Crippen LogP contribution in [0.2, 0.25) is 0 Å². The zero-order chi connectivity index (χ0) is 38.1. The van der Waals surface area contributed by atoms with Crippen molar-refractivity contribution < 1.29 is 30.9 Å². The zero-order valence-corrected chi connectivity index (χ0v) is 32.8. The summed E-state index contributed by atoms with van der Waals surface area (Å²) in [6.45, 7) is 8.32. The second-order valence-corrected chi connectivity index (χ2v) is 18.5. The SMILES string of the molecule is CN1CCC(N2CC(C)(C)Oc3cc(S(=O)(=O)c4ccccc4)ccc32)CC1.C[n+]1ccc(N2CCOc3cc(S(=O)(=O)c4ccccc4)ccc32)cc1. The van der Waals surface area contributed by atoms with Crippen LogP contribution in [0.3, 0.4) is 0 Å². The molecule has 0 unspecified atom stereocenters. The van der Waals surface area contributed by atoms with E-state index in [0.29, 0.717) is 35.6 Å². The first-order valence-electron chi connectivity index (χ1n) is 18.2. The van der Waals surface area contributed by atoms with Crippen LogP contribution >= 0.6 is 0 Å². The second kappa shape index (κ2) is 15.1. The molecular formula is C42H47N4O6S2+. The molecular weight excluding hydrogens is 721 g/mol. The Kier molecular flexibility index (Phi) is 10.4. The lowest BCUT2D eigenvalue weighted by molar-refractivity contribution is -0.671. The molecule has 4 aromatic carbocycles. The number of hydrogen-bond acceptors (Lipinski definition) is 9. The molecule has 3 aliphatic heterocycles. The number of ether oxygens (including phenoxy) is 2. The molecule has 3 aliphatic rings. The fourth-order valence-corrected chi connectivity index (χ4v) is 9.81. The highest BCUT2D eigenvalue weighted by Gasteiger charge is 2.37. The van der Waals surface area contributed by atoms with Crippen LogP contribution in [-0.2, 0) is 26.7 Å². The number of likely N-dealkylation sites (tertiary alicyclic amines) is 1. The maximum absolute atomic E-state index is 13.0. The third-order valence-electron chi connectivity index (χ3n) is 10.1. The minimum atomic E-state index is -3.56. The van der Waals surface area contributed by atoms with Crippen LogP contribution in [0.1, 0.15) is 26.7 Å². The van der Waals surface area contributed by atoms with Gasteiger partial charge in [0.15, 0.2) is 12.4 Å². The van der Waals surface area contributed by atoms with Crippen LogP contribution in [-0.4, -0.2) is 73.2 Å². The quantitative estimate of drug-likeness (QED) is 0.180. The van der Waals surface area contributed by atoms with Gasteiger partial charge in [0.25, 0.3) is 0 Å². The van der Waals surface area contributed by atoms with Crippen molar-refractivity contribution in [3.8, 4) is 11.5 Å². The molecule has 4 heterocycles. The van der Waals surface area contributed by atoms with E-state index in [-0.39, 0.29) is 20.3 Å². The molecule has 0 bridgehead atoms. The molecule has 0 amide bonds. The molecule has 1 fully saturated rings. The Morgan fingerprint density at radius 2 is 1.20 bits per heavy atom. The minimum absolute atomic E-state index is 0.240. The lowest BCUT2D eigenvalue weighted by Gasteiger charge is -2.46. The maximum atomic E-state index is 13.0. The van der Waals surface area contributed by atoms with E-state index in [1.165, 1.54) is 0 Å². The molecule has 10 nitrogen and oxygen atoms in total. The van der Waals surface area contributed by atoms with Crippen molar-refractivity contribution in [2.75, 3.05) is 49.6 Å². The van der Waals surface area contributed by atoms with E-state index < -0.39 is 19.7 Å². The van der Waals surface area contributed by atoms with Crippen molar-refractivity contribution >= 4 is 36.7 Å². The largest absolute Gasteiger partial charge is 0.489 e. The Bertz CT molecular complexity index is 2310. The third kappa shape index (κ3) is 7.82. The van der Waals surface area contributed by atoms with E-state index in [4.69, 9.17) is 9.47 Å². The number of pyridine rings is 1. The van der Waals surface area contributed by atoms with Gasteiger partial charge in [-0.2, -0.15) is 0 Å². The van der Waals surface area contributed by atoms with Gasteiger partial charge in [0.05, 0.1) is 49.7 Å². The molecule has 0 radical (unpaired) electrons. The number of hydrogen-bond donors (Lipinski definition) is 0. The number of rotatable bonds is 6. The predicted molar refractivity (Wildman–Crippen MR) is 209 cm³/mol. The number of nitrogens with zero attached hydrogens (tertiary/aromatic N) is 4. The number of piperidine rings is 1. The predicted octanol–water partition coefficient (Wildman–Crippen LogP) is 6.47. The summed E-state index contributed by atoms with van der Waals surface area (Å²) < 4.78 is 65.7. The first-order chi connectivity index (χ1) is 25.8. The molecule has 0 N–H and O–H groups in total. The first kappa shape index (κ1) is 37.4. The number of sulfone groups is 2. The number of fused-ring (bicyclic) bond motifs is 2. The molecule has 12 heteroatoms. The highest BCUT2D eigenvalue weighted by Crippen LogP contribution is 2.42. The summed E-state index contributed by atoms with van der Waals surface area (Å²) in [6.07, 6.45) is 6.18. The van der Waals surface area contributed by atoms with Gasteiger partial charge < -0.3 is 24.2 Å². The first-order valence-corrected chi connectivity index (χ1v) is 21.2. The van der Waals surface area contributed by atoms with Crippen LogP contribution in [0.25, 0.3) is 0 Å². The summed E-state index contributed by atoms with van der Waals surface area (Å²) in [7, 11) is -3.00. The van der Waals surface area contributed by atoms with Gasteiger partial charge >= 0.3 is 0 Å². The van der Waals surface area contributed by atoms with Crippen LogP contribution in [0, 0.1) is 0 Å². The van der Waals surface area contributed by atoms with Crippen LogP contribution < -0.4 is 23.8 Å². The number of aromatic nitrogens is 1. The highest BCUT2D eigenvalue weighted by atomic mass is 32.2. The molecule has 1 aromatic heterocycles. The summed E-state index contributed by atoms with van der Waals surface area (Å²) in [4.78, 5) is 8.02. The number of aryl methyl sites for hydroxylation is 1. The molecule has 0 aliphatic carbocycles. The van der Waals surface area contributed by atoms with E-state index in [9.17, 15) is 16.8 Å². The smallest absolute Gasteiger partial charge is 0.206 e. The van der Waals surface area contributed by atoms with Gasteiger partial charge in [-0.05, 0) is 95.4 Å². The molecule has 0 saturated carbocycles. The summed E-state index contributed by atoms with van der Waals surface area (Å²) >= 11 is 0. The third-order valence-corrected chi connectivity index (χ3v) is 13.6. The fraction of sp³-hybridized carbons (Fsp3) is 0.310. The molecule has 0 atom stereocenters. The van der Waals surface area contributed by atoms with Gasteiger partial charge in [0, 0.05) is 30.3 Å². The Hall–Kier alpha value is -4.91. The summed E-state index contributed by atoms with van der Waals surface area (Å²) in [5.74, 6) is 1.24. The molecule has 0 spiro atoms. The summed E-state index contributed by atoms with van der Waals surface area (Å²) in [5, 5.41) is 0. The lowest BCUT2D eigenvalue weighted by Crippen LogP contribution is -2.53. The van der Waals surface area contributed by atoms with E-state index in [1.807, 2.05) is 54.3 Å². The van der Waals surface area contributed by atoms with Gasteiger partial charge in [0.2, 0.25) is 19.7 Å². The zero-order valence-electron chi connectivity index (χ0n) is 31.1. The highest BCUT2D eigenvalue weighted by molar-refractivity contribution is 7.91. The second-order valence-electron chi connectivity index (χ2n) is 14.6. The summed E-state index contributed by atoms with van der Waals surface area (Å²) in [5.41, 5.74) is 2.55. The van der Waals surface area contributed by atoms with Gasteiger partial charge in [-0.1, -0.05) is 36.4 Å². The maximum Gasteiger partial charge on any atom is 0.206 e. The van der Waals surface area contributed by atoms with E-state index in [0.717, 1.165) is 49.5 Å². The average molecular weight is 768 g/mol. The average Bonchev–Trinajstić information content (AvgIpc) is 3.18. The Balaban J connectivity index is 0.000000167. The van der Waals surface area contributed by atoms with Gasteiger partial charge in [-0.3, -0.25) is 0 Å². The topological polar surface area (TPSA) is 100 Å². The van der Waals surface area contributed by atoms with Gasteiger partial charge in [-0.15, -0.1) is 0 Å². The normalized spacial score (nSPS) is 17.3. The Morgan fingerprint density at radius 3 is 1.78 bits per heavy atom. The molecule has 1 saturated heterocycles. The van der Waals surface area contributed by atoms with Crippen LogP contribution in [0.5, 0.6) is 11.5 Å². The molecule has 8 rings (SSSR count). The van der Waals surface area contributed by atoms with Crippen LogP contribution in [0.4, 0.5) is 17.1 Å². The van der Waals surface area contributed by atoms with Crippen molar-refractivity contribution in [1.29, 1.82) is 0 Å². The minimum Gasteiger partial charge on any atom is -0.489 e. The summed E-state index contributed by atoms with van der Waals surface area (Å²) in [6, 6.07) is 31.9. The monoisotopic (exact) mass is 767 g/mol. The molecule has 5 aromatic rings. The Morgan fingerprint density at radius 1 is 0.667 bits per heavy atom. The van der Waals surface area contributed by atoms with Crippen molar-refractivity contribution in [2.24, 2.45) is 7.05 Å². The fourth-order valence-electron chi connectivity index (χ4n) is 7.22. The Labute approximate surface area is 319 Å². The van der Waals surface area contributed by atoms with Crippen molar-refractivity contribution in [1.82, 2.24) is 4.90 Å². The molecule has 282 valence electrons. The van der Waals surface area contributed by atoms with E-state index in [2.05, 4.69) is 35.6 Å². The number of benzene rings is 4.